The summed E-state index contributed by atoms with van der Waals surface area (Å²) in [6, 6.07) is 16.5. The number of nitriles is 2. The van der Waals surface area contributed by atoms with Crippen LogP contribution in [0, 0.1) is 34.3 Å². The number of benzene rings is 2. The van der Waals surface area contributed by atoms with Crippen LogP contribution in [-0.2, 0) is 11.3 Å². The van der Waals surface area contributed by atoms with Crippen molar-refractivity contribution >= 4 is 23.5 Å². The molecule has 2 fully saturated rings. The highest BCUT2D eigenvalue weighted by molar-refractivity contribution is 7.97. The first kappa shape index (κ1) is 26.8. The molecular formula is C30H27F2N5OS. The van der Waals surface area contributed by atoms with E-state index in [0.717, 1.165) is 23.7 Å². The van der Waals surface area contributed by atoms with E-state index in [2.05, 4.69) is 17.1 Å². The summed E-state index contributed by atoms with van der Waals surface area (Å²) in [7, 11) is 0. The van der Waals surface area contributed by atoms with Crippen molar-refractivity contribution in [1.29, 1.82) is 10.5 Å². The molecule has 1 aromatic heterocycles. The highest BCUT2D eigenvalue weighted by Gasteiger charge is 2.38. The van der Waals surface area contributed by atoms with Gasteiger partial charge in [-0.2, -0.15) is 10.5 Å². The van der Waals surface area contributed by atoms with Gasteiger partial charge in [-0.3, -0.25) is 9.78 Å². The van der Waals surface area contributed by atoms with E-state index in [4.69, 9.17) is 5.26 Å². The number of hydrogen-bond donors (Lipinski definition) is 0. The SMILES string of the molecule is N#Cc1ccc(N(Cc2ccc(C3CCCCC3)cn2)C(=O)[C@H]2CCN2Sc2cc(F)c(F)c(C#N)c2)cc1. The quantitative estimate of drug-likeness (QED) is 0.318. The van der Waals surface area contributed by atoms with Crippen molar-refractivity contribution in [2.24, 2.45) is 0 Å². The average Bonchev–Trinajstić information content (AvgIpc) is 2.96. The Morgan fingerprint density at radius 1 is 1.03 bits per heavy atom. The van der Waals surface area contributed by atoms with Crippen molar-refractivity contribution in [2.75, 3.05) is 11.4 Å². The molecule has 5 rings (SSSR count). The van der Waals surface area contributed by atoms with Crippen molar-refractivity contribution < 1.29 is 13.6 Å². The zero-order valence-corrected chi connectivity index (χ0v) is 22.1. The van der Waals surface area contributed by atoms with Crippen molar-refractivity contribution in [3.63, 3.8) is 0 Å². The molecule has 1 saturated heterocycles. The summed E-state index contributed by atoms with van der Waals surface area (Å²) in [5, 5.41) is 18.3. The smallest absolute Gasteiger partial charge is 0.245 e. The van der Waals surface area contributed by atoms with Crippen LogP contribution in [0.25, 0.3) is 0 Å². The van der Waals surface area contributed by atoms with Gasteiger partial charge in [-0.05, 0) is 85.2 Å². The summed E-state index contributed by atoms with van der Waals surface area (Å²) < 4.78 is 29.6. The summed E-state index contributed by atoms with van der Waals surface area (Å²) >= 11 is 1.13. The minimum atomic E-state index is -1.17. The van der Waals surface area contributed by atoms with Crippen LogP contribution in [0.4, 0.5) is 14.5 Å². The van der Waals surface area contributed by atoms with E-state index in [1.807, 2.05) is 16.6 Å². The van der Waals surface area contributed by atoms with Crippen LogP contribution in [0.3, 0.4) is 0 Å². The van der Waals surface area contributed by atoms with E-state index >= 15 is 0 Å². The highest BCUT2D eigenvalue weighted by atomic mass is 32.2. The Bertz CT molecular complexity index is 1430. The summed E-state index contributed by atoms with van der Waals surface area (Å²) in [6.45, 7) is 0.839. The fraction of sp³-hybridized carbons (Fsp3) is 0.333. The standard InChI is InChI=1S/C30H27F2N5OS/c31-27-15-26(14-23(17-34)29(27)32)39-37-13-12-28(37)30(38)36(25-10-6-20(16-33)7-11-25)19-24-9-8-22(18-35-24)21-4-2-1-3-5-21/h6-11,14-15,18,21,28H,1-5,12-13,19H2/t28-/m1/s1. The van der Waals surface area contributed by atoms with E-state index in [1.165, 1.54) is 43.7 Å². The van der Waals surface area contributed by atoms with E-state index < -0.39 is 17.7 Å². The number of rotatable bonds is 7. The first-order valence-electron chi connectivity index (χ1n) is 13.1. The lowest BCUT2D eigenvalue weighted by Crippen LogP contribution is -2.54. The Hall–Kier alpha value is -3.79. The molecule has 0 bridgehead atoms. The molecule has 0 unspecified atom stereocenters. The second kappa shape index (κ2) is 11.9. The van der Waals surface area contributed by atoms with Gasteiger partial charge in [-0.25, -0.2) is 13.1 Å². The molecule has 1 saturated carbocycles. The predicted molar refractivity (Wildman–Crippen MR) is 144 cm³/mol. The molecule has 3 aromatic rings. The maximum atomic E-state index is 14.0. The summed E-state index contributed by atoms with van der Waals surface area (Å²) in [6.07, 6.45) is 8.66. The number of aromatic nitrogens is 1. The zero-order chi connectivity index (χ0) is 27.4. The molecule has 0 radical (unpaired) electrons. The van der Waals surface area contributed by atoms with Gasteiger partial charge in [-0.1, -0.05) is 25.3 Å². The molecule has 198 valence electrons. The normalized spacial score (nSPS) is 17.6. The van der Waals surface area contributed by atoms with Crippen molar-refractivity contribution in [3.8, 4) is 12.1 Å². The molecule has 6 nitrogen and oxygen atoms in total. The third kappa shape index (κ3) is 5.95. The van der Waals surface area contributed by atoms with Gasteiger partial charge in [0.2, 0.25) is 5.91 Å². The number of carbonyl (C=O) groups is 1. The summed E-state index contributed by atoms with van der Waals surface area (Å²) in [5.41, 5.74) is 2.76. The van der Waals surface area contributed by atoms with Gasteiger partial charge < -0.3 is 4.90 Å². The van der Waals surface area contributed by atoms with Crippen LogP contribution in [0.1, 0.15) is 66.8 Å². The largest absolute Gasteiger partial charge is 0.305 e. The lowest BCUT2D eigenvalue weighted by Gasteiger charge is -2.41. The third-order valence-electron chi connectivity index (χ3n) is 7.42. The Morgan fingerprint density at radius 2 is 1.79 bits per heavy atom. The first-order chi connectivity index (χ1) is 19.0. The average molecular weight is 544 g/mol. The number of nitrogens with zero attached hydrogens (tertiary/aromatic N) is 5. The molecule has 1 amide bonds. The van der Waals surface area contributed by atoms with Gasteiger partial charge in [0.05, 0.1) is 29.4 Å². The van der Waals surface area contributed by atoms with Crippen LogP contribution < -0.4 is 4.90 Å². The molecular weight excluding hydrogens is 516 g/mol. The van der Waals surface area contributed by atoms with Gasteiger partial charge in [0.15, 0.2) is 11.6 Å². The van der Waals surface area contributed by atoms with Gasteiger partial charge in [-0.15, -0.1) is 0 Å². The van der Waals surface area contributed by atoms with E-state index in [9.17, 15) is 18.8 Å². The van der Waals surface area contributed by atoms with Crippen molar-refractivity contribution in [2.45, 2.75) is 61.9 Å². The minimum absolute atomic E-state index is 0.153. The molecule has 1 atom stereocenters. The molecule has 0 spiro atoms. The molecule has 2 aliphatic rings. The highest BCUT2D eigenvalue weighted by Crippen LogP contribution is 2.36. The fourth-order valence-corrected chi connectivity index (χ4v) is 6.23. The number of anilines is 1. The second-order valence-corrected chi connectivity index (χ2v) is 11.0. The Labute approximate surface area is 231 Å². The van der Waals surface area contributed by atoms with Crippen molar-refractivity contribution in [1.82, 2.24) is 9.29 Å². The molecule has 2 aromatic carbocycles. The molecule has 1 aliphatic heterocycles. The van der Waals surface area contributed by atoms with Gasteiger partial charge in [0.25, 0.3) is 0 Å². The molecule has 2 heterocycles. The maximum absolute atomic E-state index is 14.0. The van der Waals surface area contributed by atoms with E-state index in [0.29, 0.717) is 35.0 Å². The number of amides is 1. The molecule has 0 N–H and O–H groups in total. The Balaban J connectivity index is 1.36. The van der Waals surface area contributed by atoms with Crippen LogP contribution >= 0.6 is 11.9 Å². The van der Waals surface area contributed by atoms with Gasteiger partial charge in [0, 0.05) is 23.3 Å². The summed E-state index contributed by atoms with van der Waals surface area (Å²) in [4.78, 5) is 20.5. The number of pyridine rings is 1. The predicted octanol–water partition coefficient (Wildman–Crippen LogP) is 6.47. The van der Waals surface area contributed by atoms with Gasteiger partial charge in [0.1, 0.15) is 12.1 Å². The Morgan fingerprint density at radius 3 is 2.41 bits per heavy atom. The van der Waals surface area contributed by atoms with Crippen LogP contribution in [-0.4, -0.2) is 27.8 Å². The van der Waals surface area contributed by atoms with Crippen LogP contribution in [0.15, 0.2) is 59.6 Å². The fourth-order valence-electron chi connectivity index (χ4n) is 5.11. The van der Waals surface area contributed by atoms with Crippen molar-refractivity contribution in [3.05, 3.63) is 88.7 Å². The zero-order valence-electron chi connectivity index (χ0n) is 21.3. The van der Waals surface area contributed by atoms with Crippen LogP contribution in [0.5, 0.6) is 0 Å². The van der Waals surface area contributed by atoms with E-state index in [1.54, 1.807) is 35.2 Å². The monoisotopic (exact) mass is 543 g/mol. The number of hydrogen-bond acceptors (Lipinski definition) is 6. The maximum Gasteiger partial charge on any atom is 0.245 e. The summed E-state index contributed by atoms with van der Waals surface area (Å²) in [5.74, 6) is -1.89. The topological polar surface area (TPSA) is 84.0 Å². The third-order valence-corrected chi connectivity index (χ3v) is 8.54. The van der Waals surface area contributed by atoms with Gasteiger partial charge >= 0.3 is 0 Å². The number of carbonyl (C=O) groups excluding carboxylic acids is 1. The molecule has 9 heteroatoms. The van der Waals surface area contributed by atoms with E-state index in [-0.39, 0.29) is 18.0 Å². The molecule has 39 heavy (non-hydrogen) atoms. The lowest BCUT2D eigenvalue weighted by atomic mass is 9.85. The second-order valence-electron chi connectivity index (χ2n) is 9.92. The minimum Gasteiger partial charge on any atom is -0.305 e. The Kier molecular flexibility index (Phi) is 8.21. The molecule has 1 aliphatic carbocycles. The van der Waals surface area contributed by atoms with Crippen LogP contribution in [0.2, 0.25) is 0 Å². The number of halogens is 2. The lowest BCUT2D eigenvalue weighted by molar-refractivity contribution is -0.124. The first-order valence-corrected chi connectivity index (χ1v) is 13.8.